The Morgan fingerprint density at radius 3 is 2.80 bits per heavy atom. The van der Waals surface area contributed by atoms with Gasteiger partial charge in [0.25, 0.3) is 5.56 Å². The van der Waals surface area contributed by atoms with E-state index in [1.54, 1.807) is 50.8 Å². The molecule has 5 heterocycles. The van der Waals surface area contributed by atoms with Crippen LogP contribution in [0, 0.1) is 0 Å². The molecule has 1 amide bonds. The average molecular weight is 476 g/mol. The van der Waals surface area contributed by atoms with E-state index in [0.717, 1.165) is 5.56 Å². The molecule has 180 valence electrons. The Balaban J connectivity index is 1.67. The zero-order valence-electron chi connectivity index (χ0n) is 19.4. The predicted molar refractivity (Wildman–Crippen MR) is 130 cm³/mol. The van der Waals surface area contributed by atoms with Gasteiger partial charge in [-0.05, 0) is 30.7 Å². The third kappa shape index (κ3) is 4.26. The fourth-order valence-corrected chi connectivity index (χ4v) is 3.82. The largest absolute Gasteiger partial charge is 0.495 e. The molecule has 0 spiro atoms. The van der Waals surface area contributed by atoms with E-state index in [4.69, 9.17) is 9.47 Å². The van der Waals surface area contributed by atoms with Crippen LogP contribution in [0.15, 0.2) is 47.8 Å². The van der Waals surface area contributed by atoms with Crippen molar-refractivity contribution in [2.75, 3.05) is 31.4 Å². The van der Waals surface area contributed by atoms with E-state index in [0.29, 0.717) is 34.2 Å². The minimum Gasteiger partial charge on any atom is -0.495 e. The van der Waals surface area contributed by atoms with Crippen LogP contribution in [0.3, 0.4) is 0 Å². The molecule has 3 N–H and O–H groups in total. The molecule has 4 aromatic rings. The fourth-order valence-electron chi connectivity index (χ4n) is 3.82. The summed E-state index contributed by atoms with van der Waals surface area (Å²) in [7, 11) is 3.30. The molecule has 0 aliphatic carbocycles. The number of nitrogens with zero attached hydrogens (tertiary/aromatic N) is 5. The Morgan fingerprint density at radius 1 is 1.20 bits per heavy atom. The van der Waals surface area contributed by atoms with Gasteiger partial charge in [-0.1, -0.05) is 0 Å². The van der Waals surface area contributed by atoms with Gasteiger partial charge in [0, 0.05) is 19.3 Å². The summed E-state index contributed by atoms with van der Waals surface area (Å²) in [4.78, 5) is 39.5. The minimum absolute atomic E-state index is 0.218. The number of carbonyl (C=O) groups excluding carboxylic acids is 1. The molecule has 12 nitrogen and oxygen atoms in total. The number of anilines is 3. The van der Waals surface area contributed by atoms with Gasteiger partial charge in [-0.2, -0.15) is 0 Å². The van der Waals surface area contributed by atoms with Gasteiger partial charge in [0.2, 0.25) is 0 Å². The Morgan fingerprint density at radius 2 is 2.06 bits per heavy atom. The fraction of sp³-hybridized carbons (Fsp3) is 0.261. The summed E-state index contributed by atoms with van der Waals surface area (Å²) in [6.07, 6.45) is 4.65. The second-order valence-electron chi connectivity index (χ2n) is 8.08. The van der Waals surface area contributed by atoms with Gasteiger partial charge in [-0.3, -0.25) is 9.36 Å². The second kappa shape index (κ2) is 9.06. The maximum atomic E-state index is 13.4. The number of imidazole rings is 1. The van der Waals surface area contributed by atoms with Crippen molar-refractivity contribution in [3.8, 4) is 11.6 Å². The van der Waals surface area contributed by atoms with Crippen LogP contribution in [0.1, 0.15) is 12.5 Å². The normalized spacial score (nSPS) is 15.9. The quantitative estimate of drug-likeness (QED) is 0.406. The maximum absolute atomic E-state index is 13.4. The zero-order chi connectivity index (χ0) is 24.5. The second-order valence-corrected chi connectivity index (χ2v) is 8.08. The average Bonchev–Trinajstić information content (AvgIpc) is 3.29. The van der Waals surface area contributed by atoms with Crippen molar-refractivity contribution in [3.05, 3.63) is 58.9 Å². The topological polar surface area (TPSA) is 137 Å². The molecule has 0 unspecified atom stereocenters. The van der Waals surface area contributed by atoms with Gasteiger partial charge in [0.15, 0.2) is 5.65 Å². The molecule has 0 saturated carbocycles. The van der Waals surface area contributed by atoms with Crippen molar-refractivity contribution >= 4 is 34.4 Å². The minimum atomic E-state index is -0.376. The van der Waals surface area contributed by atoms with E-state index in [1.165, 1.54) is 15.5 Å². The van der Waals surface area contributed by atoms with E-state index in [-0.39, 0.29) is 36.5 Å². The van der Waals surface area contributed by atoms with E-state index in [1.807, 2.05) is 6.92 Å². The van der Waals surface area contributed by atoms with Crippen LogP contribution in [0.25, 0.3) is 17.0 Å². The highest BCUT2D eigenvalue weighted by Crippen LogP contribution is 2.26. The SMILES string of the molecule is CNc1cc2nc3c1ncn3C(=O)N[C@H](C)COCc1cc(c(=O)n(-c3ccc(OC)cn3)c1)N2. The summed E-state index contributed by atoms with van der Waals surface area (Å²) < 4.78 is 13.8. The number of pyridine rings is 3. The lowest BCUT2D eigenvalue weighted by atomic mass is 10.2. The van der Waals surface area contributed by atoms with Crippen LogP contribution in [0.2, 0.25) is 0 Å². The van der Waals surface area contributed by atoms with Crippen LogP contribution in [-0.4, -0.2) is 56.9 Å². The third-order valence-electron chi connectivity index (χ3n) is 5.54. The molecule has 0 saturated heterocycles. The lowest BCUT2D eigenvalue weighted by Gasteiger charge is -2.17. The van der Waals surface area contributed by atoms with Crippen molar-refractivity contribution in [3.63, 3.8) is 0 Å². The first-order valence-electron chi connectivity index (χ1n) is 10.9. The lowest BCUT2D eigenvalue weighted by molar-refractivity contribution is 0.104. The Labute approximate surface area is 199 Å². The first-order chi connectivity index (χ1) is 17.0. The smallest absolute Gasteiger partial charge is 0.328 e. The molecule has 0 aromatic carbocycles. The van der Waals surface area contributed by atoms with Gasteiger partial charge < -0.3 is 25.4 Å². The van der Waals surface area contributed by atoms with Crippen molar-refractivity contribution in [2.24, 2.45) is 0 Å². The molecule has 4 bridgehead atoms. The number of amides is 1. The molecular formula is C23H24N8O4. The van der Waals surface area contributed by atoms with E-state index in [2.05, 4.69) is 30.9 Å². The highest BCUT2D eigenvalue weighted by atomic mass is 16.5. The molecule has 0 radical (unpaired) electrons. The van der Waals surface area contributed by atoms with Crippen LogP contribution in [0.4, 0.5) is 22.0 Å². The van der Waals surface area contributed by atoms with Gasteiger partial charge in [0.1, 0.15) is 34.9 Å². The summed E-state index contributed by atoms with van der Waals surface area (Å²) >= 11 is 0. The molecule has 1 aliphatic heterocycles. The molecule has 12 heteroatoms. The Kier molecular flexibility index (Phi) is 5.79. The van der Waals surface area contributed by atoms with E-state index >= 15 is 0 Å². The van der Waals surface area contributed by atoms with E-state index in [9.17, 15) is 9.59 Å². The van der Waals surface area contributed by atoms with Gasteiger partial charge in [-0.15, -0.1) is 0 Å². The lowest BCUT2D eigenvalue weighted by Crippen LogP contribution is -2.38. The third-order valence-corrected chi connectivity index (χ3v) is 5.54. The van der Waals surface area contributed by atoms with Crippen LogP contribution < -0.4 is 26.2 Å². The van der Waals surface area contributed by atoms with Gasteiger partial charge in [0.05, 0.1) is 38.2 Å². The van der Waals surface area contributed by atoms with Gasteiger partial charge >= 0.3 is 6.03 Å². The maximum Gasteiger partial charge on any atom is 0.328 e. The highest BCUT2D eigenvalue weighted by Gasteiger charge is 2.19. The van der Waals surface area contributed by atoms with E-state index < -0.39 is 0 Å². The highest BCUT2D eigenvalue weighted by molar-refractivity contribution is 5.94. The van der Waals surface area contributed by atoms with Crippen molar-refractivity contribution in [2.45, 2.75) is 19.6 Å². The molecule has 1 aliphatic rings. The Bertz CT molecular complexity index is 1460. The van der Waals surface area contributed by atoms with Gasteiger partial charge in [-0.25, -0.2) is 24.3 Å². The molecule has 35 heavy (non-hydrogen) atoms. The number of hydrogen-bond donors (Lipinski definition) is 3. The first kappa shape index (κ1) is 22.3. The standard InChI is InChI=1S/C23H24N8O4/c1-13-10-35-11-14-6-17(22(32)30(9-14)19-5-4-15(34-3)8-25-19)28-18-7-16(24-2)20-21(29-18)31(12-26-20)23(33)27-13/h4-9,12-13H,10-11H2,1-3H3,(H,27,33)(H2,24,28,29)/t13-/m1/s1. The number of hydrogen-bond acceptors (Lipinski definition) is 9. The number of rotatable bonds is 3. The number of ether oxygens (including phenoxy) is 2. The number of aromatic nitrogens is 5. The van der Waals surface area contributed by atoms with Crippen LogP contribution >= 0.6 is 0 Å². The van der Waals surface area contributed by atoms with Crippen molar-refractivity contribution in [1.82, 2.24) is 29.4 Å². The molecule has 0 fully saturated rings. The number of fused-ring (bicyclic) bond motifs is 3. The zero-order valence-corrected chi connectivity index (χ0v) is 19.4. The Hall–Kier alpha value is -4.45. The summed E-state index contributed by atoms with van der Waals surface area (Å²) in [6.45, 7) is 2.33. The van der Waals surface area contributed by atoms with Crippen molar-refractivity contribution < 1.29 is 14.3 Å². The molecule has 4 aromatic heterocycles. The first-order valence-corrected chi connectivity index (χ1v) is 10.9. The number of methoxy groups -OCH3 is 1. The van der Waals surface area contributed by atoms with Crippen molar-refractivity contribution in [1.29, 1.82) is 0 Å². The summed E-state index contributed by atoms with van der Waals surface area (Å²) in [6, 6.07) is 6.23. The summed E-state index contributed by atoms with van der Waals surface area (Å²) in [5.74, 6) is 1.38. The summed E-state index contributed by atoms with van der Waals surface area (Å²) in [5, 5.41) is 9.07. The summed E-state index contributed by atoms with van der Waals surface area (Å²) in [5.41, 5.74) is 2.21. The predicted octanol–water partition coefficient (Wildman–Crippen LogP) is 2.25. The molecular weight excluding hydrogens is 452 g/mol. The van der Waals surface area contributed by atoms with Crippen LogP contribution in [-0.2, 0) is 11.3 Å². The number of carbonyl (C=O) groups is 1. The number of nitrogens with one attached hydrogen (secondary N) is 3. The monoisotopic (exact) mass is 476 g/mol. The van der Waals surface area contributed by atoms with Crippen LogP contribution in [0.5, 0.6) is 5.75 Å². The molecule has 5 rings (SSSR count). The molecule has 1 atom stereocenters.